The number of hydrogen-bond acceptors (Lipinski definition) is 7. The molecule has 0 spiro atoms. The van der Waals surface area contributed by atoms with E-state index in [0.717, 1.165) is 38.5 Å². The monoisotopic (exact) mass is 505 g/mol. The minimum atomic E-state index is -0.252. The highest BCUT2D eigenvalue weighted by Crippen LogP contribution is 2.32. The first-order valence-electron chi connectivity index (χ1n) is 11.8. The summed E-state index contributed by atoms with van der Waals surface area (Å²) in [6, 6.07) is 25.2. The number of aromatic nitrogens is 4. The molecule has 0 unspecified atom stereocenters. The van der Waals surface area contributed by atoms with Crippen LogP contribution in [0.3, 0.4) is 0 Å². The van der Waals surface area contributed by atoms with Crippen molar-refractivity contribution in [2.45, 2.75) is 13.0 Å². The molecule has 3 aromatic heterocycles. The summed E-state index contributed by atoms with van der Waals surface area (Å²) >= 11 is 1.46. The summed E-state index contributed by atoms with van der Waals surface area (Å²) in [6.07, 6.45) is 1.53. The van der Waals surface area contributed by atoms with Gasteiger partial charge >= 0.3 is 0 Å². The molecule has 37 heavy (non-hydrogen) atoms. The highest BCUT2D eigenvalue weighted by molar-refractivity contribution is 7.16. The van der Waals surface area contributed by atoms with Crippen LogP contribution in [0.4, 0.5) is 5.82 Å². The van der Waals surface area contributed by atoms with Gasteiger partial charge in [0.05, 0.1) is 24.0 Å². The highest BCUT2D eigenvalue weighted by atomic mass is 32.1. The van der Waals surface area contributed by atoms with Gasteiger partial charge in [-0.3, -0.25) is 9.36 Å². The zero-order valence-corrected chi connectivity index (χ0v) is 21.1. The lowest BCUT2D eigenvalue weighted by Gasteiger charge is -2.22. The van der Waals surface area contributed by atoms with E-state index in [0.29, 0.717) is 16.7 Å². The molecule has 7 nitrogen and oxygen atoms in total. The molecule has 0 saturated heterocycles. The molecule has 8 heteroatoms. The molecule has 0 saturated carbocycles. The summed E-state index contributed by atoms with van der Waals surface area (Å²) < 4.78 is 7.22. The second-order valence-electron chi connectivity index (χ2n) is 8.64. The zero-order valence-electron chi connectivity index (χ0n) is 20.3. The normalized spacial score (nSPS) is 12.1. The third-order valence-electron chi connectivity index (χ3n) is 6.40. The number of fused-ring (bicyclic) bond motifs is 2. The molecule has 3 heterocycles. The van der Waals surface area contributed by atoms with E-state index in [1.165, 1.54) is 17.7 Å². The summed E-state index contributed by atoms with van der Waals surface area (Å²) in [5.74, 6) is 1.38. The van der Waals surface area contributed by atoms with Crippen molar-refractivity contribution in [2.24, 2.45) is 0 Å². The maximum absolute atomic E-state index is 14.3. The van der Waals surface area contributed by atoms with Gasteiger partial charge in [0.15, 0.2) is 5.82 Å². The number of nitrogens with one attached hydrogen (secondary N) is 1. The van der Waals surface area contributed by atoms with Crippen LogP contribution in [0.25, 0.3) is 37.9 Å². The van der Waals surface area contributed by atoms with Gasteiger partial charge < -0.3 is 10.1 Å². The van der Waals surface area contributed by atoms with Crippen molar-refractivity contribution in [3.63, 3.8) is 0 Å². The lowest BCUT2D eigenvalue weighted by Crippen LogP contribution is -2.26. The van der Waals surface area contributed by atoms with E-state index in [9.17, 15) is 4.79 Å². The molecule has 0 fully saturated rings. The van der Waals surface area contributed by atoms with Crippen molar-refractivity contribution >= 4 is 38.3 Å². The summed E-state index contributed by atoms with van der Waals surface area (Å²) in [4.78, 5) is 28.2. The van der Waals surface area contributed by atoms with Crippen LogP contribution in [0, 0.1) is 0 Å². The lowest BCUT2D eigenvalue weighted by molar-refractivity contribution is 0.415. The maximum Gasteiger partial charge on any atom is 0.263 e. The number of rotatable bonds is 6. The molecule has 6 aromatic rings. The van der Waals surface area contributed by atoms with Gasteiger partial charge in [0.25, 0.3) is 5.56 Å². The first kappa shape index (κ1) is 22.9. The van der Waals surface area contributed by atoms with E-state index in [1.54, 1.807) is 17.2 Å². The van der Waals surface area contributed by atoms with Crippen molar-refractivity contribution < 1.29 is 4.74 Å². The number of para-hydroxylation sites is 1. The molecule has 0 aliphatic rings. The van der Waals surface area contributed by atoms with E-state index in [-0.39, 0.29) is 11.6 Å². The van der Waals surface area contributed by atoms with Crippen molar-refractivity contribution in [1.82, 2.24) is 19.5 Å². The molecule has 1 N–H and O–H groups in total. The molecule has 0 radical (unpaired) electrons. The Kier molecular flexibility index (Phi) is 5.86. The largest absolute Gasteiger partial charge is 0.497 e. The molecular weight excluding hydrogens is 482 g/mol. The van der Waals surface area contributed by atoms with Crippen LogP contribution in [-0.4, -0.2) is 26.6 Å². The van der Waals surface area contributed by atoms with Gasteiger partial charge in [-0.2, -0.15) is 0 Å². The predicted molar refractivity (Wildman–Crippen MR) is 149 cm³/mol. The average Bonchev–Trinajstić information content (AvgIpc) is 3.43. The molecule has 3 aromatic carbocycles. The third kappa shape index (κ3) is 4.11. The maximum atomic E-state index is 14.3. The minimum absolute atomic E-state index is 0.0905. The SMILES string of the molecule is COc1cccc(-c2cccc3cc([C@H](C)Nc4ncnc5scnc45)n(-c4ccccc4)c(=O)c23)c1. The van der Waals surface area contributed by atoms with Gasteiger partial charge in [-0.05, 0) is 53.8 Å². The fourth-order valence-corrected chi connectivity index (χ4v) is 5.28. The Bertz CT molecular complexity index is 1800. The van der Waals surface area contributed by atoms with Crippen molar-refractivity contribution in [3.8, 4) is 22.6 Å². The number of methoxy groups -OCH3 is 1. The average molecular weight is 506 g/mol. The topological polar surface area (TPSA) is 81.9 Å². The van der Waals surface area contributed by atoms with Gasteiger partial charge in [-0.15, -0.1) is 11.3 Å². The summed E-state index contributed by atoms with van der Waals surface area (Å²) in [5, 5.41) is 4.98. The molecule has 6 rings (SSSR count). The van der Waals surface area contributed by atoms with Crippen LogP contribution >= 0.6 is 11.3 Å². The second kappa shape index (κ2) is 9.48. The quantitative estimate of drug-likeness (QED) is 0.289. The number of nitrogens with zero attached hydrogens (tertiary/aromatic N) is 4. The van der Waals surface area contributed by atoms with E-state index in [1.807, 2.05) is 79.7 Å². The first-order chi connectivity index (χ1) is 18.1. The minimum Gasteiger partial charge on any atom is -0.497 e. The molecule has 0 amide bonds. The van der Waals surface area contributed by atoms with Gasteiger partial charge in [0.2, 0.25) is 0 Å². The highest BCUT2D eigenvalue weighted by Gasteiger charge is 2.20. The Labute approximate surface area is 217 Å². The number of benzene rings is 3. The lowest BCUT2D eigenvalue weighted by atomic mass is 9.97. The molecule has 0 bridgehead atoms. The van der Waals surface area contributed by atoms with Gasteiger partial charge in [-0.1, -0.05) is 48.5 Å². The fourth-order valence-electron chi connectivity index (χ4n) is 4.65. The molecule has 0 aliphatic carbocycles. The summed E-state index contributed by atoms with van der Waals surface area (Å²) in [7, 11) is 1.64. The third-order valence-corrected chi connectivity index (χ3v) is 7.13. The Morgan fingerprint density at radius 1 is 0.946 bits per heavy atom. The van der Waals surface area contributed by atoms with E-state index in [4.69, 9.17) is 4.74 Å². The van der Waals surface area contributed by atoms with Crippen molar-refractivity contribution in [2.75, 3.05) is 12.4 Å². The molecular formula is C29H23N5O2S. The van der Waals surface area contributed by atoms with E-state index < -0.39 is 0 Å². The zero-order chi connectivity index (χ0) is 25.4. The number of pyridine rings is 1. The van der Waals surface area contributed by atoms with Gasteiger partial charge in [0, 0.05) is 11.4 Å². The van der Waals surface area contributed by atoms with E-state index in [2.05, 4.69) is 26.3 Å². The standard InChI is InChI=1S/C29H23N5O2S/c1-18(33-27-26-28(31-16-30-27)37-17-32-26)24-15-20-9-7-13-23(19-8-6-12-22(14-19)36-2)25(20)29(35)34(24)21-10-4-3-5-11-21/h3-18H,1-2H3,(H,30,31,33)/t18-/m0/s1. The Morgan fingerprint density at radius 2 is 1.78 bits per heavy atom. The molecule has 182 valence electrons. The predicted octanol–water partition coefficient (Wildman–Crippen LogP) is 6.24. The summed E-state index contributed by atoms with van der Waals surface area (Å²) in [5.41, 5.74) is 5.77. The van der Waals surface area contributed by atoms with Crippen LogP contribution in [0.5, 0.6) is 5.75 Å². The number of ether oxygens (including phenoxy) is 1. The number of anilines is 1. The van der Waals surface area contributed by atoms with Crippen molar-refractivity contribution in [1.29, 1.82) is 0 Å². The van der Waals surface area contributed by atoms with E-state index >= 15 is 0 Å². The number of thiazole rings is 1. The second-order valence-corrected chi connectivity index (χ2v) is 9.47. The van der Waals surface area contributed by atoms with Crippen LogP contribution in [0.2, 0.25) is 0 Å². The molecule has 1 atom stereocenters. The van der Waals surface area contributed by atoms with Crippen molar-refractivity contribution in [3.05, 3.63) is 107 Å². The number of hydrogen-bond donors (Lipinski definition) is 1. The fraction of sp³-hybridized carbons (Fsp3) is 0.103. The van der Waals surface area contributed by atoms with Crippen LogP contribution in [-0.2, 0) is 0 Å². The van der Waals surface area contributed by atoms with Crippen LogP contribution in [0.1, 0.15) is 18.7 Å². The smallest absolute Gasteiger partial charge is 0.263 e. The van der Waals surface area contributed by atoms with Crippen LogP contribution < -0.4 is 15.6 Å². The Morgan fingerprint density at radius 3 is 2.62 bits per heavy atom. The van der Waals surface area contributed by atoms with Crippen LogP contribution in [0.15, 0.2) is 95.5 Å². The Hall–Kier alpha value is -4.56. The summed E-state index contributed by atoms with van der Waals surface area (Å²) in [6.45, 7) is 2.02. The first-order valence-corrected chi connectivity index (χ1v) is 12.7. The Balaban J connectivity index is 1.57. The van der Waals surface area contributed by atoms with Gasteiger partial charge in [0.1, 0.15) is 22.4 Å². The molecule has 0 aliphatic heterocycles. The van der Waals surface area contributed by atoms with Gasteiger partial charge in [-0.25, -0.2) is 15.0 Å².